The highest BCUT2D eigenvalue weighted by molar-refractivity contribution is 14.1. The highest BCUT2D eigenvalue weighted by atomic mass is 127. The first-order chi connectivity index (χ1) is 6.05. The van der Waals surface area contributed by atoms with Gasteiger partial charge in [0.05, 0.1) is 0 Å². The Morgan fingerprint density at radius 3 is 1.57 bits per heavy atom. The second-order valence-electron chi connectivity index (χ2n) is 2.07. The monoisotopic (exact) mass is 340 g/mol. The summed E-state index contributed by atoms with van der Waals surface area (Å²) >= 11 is 0.337. The van der Waals surface area contributed by atoms with Gasteiger partial charge in [-0.15, -0.1) is 0 Å². The summed E-state index contributed by atoms with van der Waals surface area (Å²) in [5.41, 5.74) is 0. The molecule has 0 unspecified atom stereocenters. The van der Waals surface area contributed by atoms with Crippen LogP contribution in [0.3, 0.4) is 0 Å². The van der Waals surface area contributed by atoms with Gasteiger partial charge in [0.2, 0.25) is 5.83 Å². The summed E-state index contributed by atoms with van der Waals surface area (Å²) in [6.07, 6.45) is -4.79. The van der Waals surface area contributed by atoms with E-state index in [1.54, 1.807) is 0 Å². The van der Waals surface area contributed by atoms with Gasteiger partial charge in [-0.05, 0) is 22.6 Å². The summed E-state index contributed by atoms with van der Waals surface area (Å²) in [5.74, 6) is -15.0. The summed E-state index contributed by atoms with van der Waals surface area (Å²) in [6.45, 7) is 0. The van der Waals surface area contributed by atoms with Crippen molar-refractivity contribution in [1.82, 2.24) is 0 Å². The molecule has 0 aromatic rings. The van der Waals surface area contributed by atoms with Gasteiger partial charge in [0, 0.05) is 0 Å². The molecule has 0 amide bonds. The van der Waals surface area contributed by atoms with Crippen molar-refractivity contribution in [3.63, 3.8) is 0 Å². The molecule has 0 rings (SSSR count). The third kappa shape index (κ3) is 2.28. The molecule has 0 N–H and O–H groups in total. The molecule has 0 aromatic heterocycles. The van der Waals surface area contributed by atoms with E-state index >= 15 is 0 Å². The van der Waals surface area contributed by atoms with Crippen molar-refractivity contribution >= 4 is 22.6 Å². The highest BCUT2D eigenvalue weighted by Crippen LogP contribution is 2.46. The van der Waals surface area contributed by atoms with Crippen LogP contribution in [0.2, 0.25) is 0 Å². The van der Waals surface area contributed by atoms with E-state index in [1.807, 2.05) is 0 Å². The van der Waals surface area contributed by atoms with E-state index in [9.17, 15) is 35.1 Å². The lowest BCUT2D eigenvalue weighted by molar-refractivity contribution is -0.253. The SMILES string of the molecule is FC(I)=C(F)C(F)(F)C(F)(F)C(F)F. The van der Waals surface area contributed by atoms with E-state index in [0.29, 0.717) is 22.6 Å². The van der Waals surface area contributed by atoms with Gasteiger partial charge in [0.15, 0.2) is 3.83 Å². The average Bonchev–Trinajstić information content (AvgIpc) is 2.01. The van der Waals surface area contributed by atoms with Crippen LogP contribution in [0.4, 0.5) is 35.1 Å². The molecule has 84 valence electrons. The zero-order valence-corrected chi connectivity index (χ0v) is 8.14. The zero-order chi connectivity index (χ0) is 11.7. The Morgan fingerprint density at radius 1 is 1.00 bits per heavy atom. The Hall–Kier alpha value is -0.0900. The summed E-state index contributed by atoms with van der Waals surface area (Å²) in [5, 5.41) is 0. The summed E-state index contributed by atoms with van der Waals surface area (Å²) in [6, 6.07) is 0. The lowest BCUT2D eigenvalue weighted by Crippen LogP contribution is -2.47. The van der Waals surface area contributed by atoms with Crippen molar-refractivity contribution in [2.45, 2.75) is 18.3 Å². The van der Waals surface area contributed by atoms with E-state index < -0.39 is 27.9 Å². The summed E-state index contributed by atoms with van der Waals surface area (Å²) < 4.78 is 92.7. The molecule has 14 heavy (non-hydrogen) atoms. The molecule has 0 nitrogen and oxygen atoms in total. The van der Waals surface area contributed by atoms with E-state index in [2.05, 4.69) is 0 Å². The smallest absolute Gasteiger partial charge is 0.203 e. The maximum absolute atomic E-state index is 12.2. The van der Waals surface area contributed by atoms with Crippen LogP contribution in [-0.4, -0.2) is 18.3 Å². The molecule has 0 saturated heterocycles. The minimum atomic E-state index is -5.94. The first-order valence-electron chi connectivity index (χ1n) is 2.80. The molecule has 0 aromatic carbocycles. The van der Waals surface area contributed by atoms with Crippen LogP contribution in [-0.2, 0) is 0 Å². The van der Waals surface area contributed by atoms with Crippen LogP contribution in [0.15, 0.2) is 9.66 Å². The predicted octanol–water partition coefficient (Wildman–Crippen LogP) is 4.07. The maximum Gasteiger partial charge on any atom is 0.376 e. The molecule has 0 radical (unpaired) electrons. The average molecular weight is 340 g/mol. The van der Waals surface area contributed by atoms with Crippen LogP contribution >= 0.6 is 22.6 Å². The third-order valence-electron chi connectivity index (χ3n) is 1.13. The number of rotatable bonds is 3. The summed E-state index contributed by atoms with van der Waals surface area (Å²) in [7, 11) is 0. The van der Waals surface area contributed by atoms with E-state index in [0.717, 1.165) is 0 Å². The molecule has 0 aliphatic heterocycles. The first-order valence-corrected chi connectivity index (χ1v) is 3.88. The van der Waals surface area contributed by atoms with Gasteiger partial charge < -0.3 is 0 Å². The molecule has 9 heteroatoms. The van der Waals surface area contributed by atoms with Gasteiger partial charge >= 0.3 is 18.3 Å². The maximum atomic E-state index is 12.2. The fourth-order valence-electron chi connectivity index (χ4n) is 0.402. The largest absolute Gasteiger partial charge is 0.376 e. The summed E-state index contributed by atoms with van der Waals surface area (Å²) in [4.78, 5) is 0. The second kappa shape index (κ2) is 4.19. The molecule has 0 saturated carbocycles. The fraction of sp³-hybridized carbons (Fsp3) is 0.600. The van der Waals surface area contributed by atoms with Crippen molar-refractivity contribution in [2.75, 3.05) is 0 Å². The molecule has 0 fully saturated rings. The van der Waals surface area contributed by atoms with Gasteiger partial charge in [0.1, 0.15) is 0 Å². The standard InChI is InChI=1S/C5HF8I/c6-1(2(7)14)4(10,11)5(12,13)3(8)9/h3H. The van der Waals surface area contributed by atoms with Gasteiger partial charge in [-0.2, -0.15) is 22.0 Å². The first kappa shape index (κ1) is 13.9. The Morgan fingerprint density at radius 2 is 1.36 bits per heavy atom. The number of hydrogen-bond donors (Lipinski definition) is 0. The van der Waals surface area contributed by atoms with Crippen LogP contribution in [0.5, 0.6) is 0 Å². The zero-order valence-electron chi connectivity index (χ0n) is 5.98. The van der Waals surface area contributed by atoms with Crippen LogP contribution in [0.25, 0.3) is 0 Å². The Bertz CT molecular complexity index is 240. The second-order valence-corrected chi connectivity index (χ2v) is 3.02. The van der Waals surface area contributed by atoms with Crippen molar-refractivity contribution in [1.29, 1.82) is 0 Å². The van der Waals surface area contributed by atoms with Gasteiger partial charge in [-0.3, -0.25) is 0 Å². The fourth-order valence-corrected chi connectivity index (χ4v) is 0.741. The molecule has 0 aliphatic carbocycles. The number of allylic oxidation sites excluding steroid dienone is 1. The minimum absolute atomic E-state index is 0.337. The van der Waals surface area contributed by atoms with Gasteiger partial charge in [-0.1, -0.05) is 0 Å². The minimum Gasteiger partial charge on any atom is -0.203 e. The topological polar surface area (TPSA) is 0 Å². The van der Waals surface area contributed by atoms with Crippen molar-refractivity contribution in [3.05, 3.63) is 9.66 Å². The highest BCUT2D eigenvalue weighted by Gasteiger charge is 2.66. The Kier molecular flexibility index (Phi) is 4.16. The Balaban J connectivity index is 5.26. The third-order valence-corrected chi connectivity index (χ3v) is 1.61. The van der Waals surface area contributed by atoms with Crippen LogP contribution < -0.4 is 0 Å². The van der Waals surface area contributed by atoms with Gasteiger partial charge in [0.25, 0.3) is 0 Å². The van der Waals surface area contributed by atoms with E-state index in [1.165, 1.54) is 0 Å². The molecular formula is C5HF8I. The quantitative estimate of drug-likeness (QED) is 0.537. The number of hydrogen-bond acceptors (Lipinski definition) is 0. The lowest BCUT2D eigenvalue weighted by atomic mass is 10.1. The van der Waals surface area contributed by atoms with E-state index in [4.69, 9.17) is 0 Å². The van der Waals surface area contributed by atoms with Crippen LogP contribution in [0, 0.1) is 0 Å². The van der Waals surface area contributed by atoms with Gasteiger partial charge in [-0.25, -0.2) is 13.2 Å². The predicted molar refractivity (Wildman–Crippen MR) is 39.2 cm³/mol. The molecule has 0 atom stereocenters. The van der Waals surface area contributed by atoms with Crippen LogP contribution in [0.1, 0.15) is 0 Å². The molecule has 0 heterocycles. The lowest BCUT2D eigenvalue weighted by Gasteiger charge is -2.23. The molecule has 0 bridgehead atoms. The van der Waals surface area contributed by atoms with Crippen molar-refractivity contribution < 1.29 is 35.1 Å². The molecule has 0 spiro atoms. The van der Waals surface area contributed by atoms with Crippen molar-refractivity contribution in [3.8, 4) is 0 Å². The Labute approximate surface area is 86.1 Å². The molecule has 0 aliphatic rings. The number of alkyl halides is 6. The molecular weight excluding hydrogens is 339 g/mol. The number of halogens is 9. The van der Waals surface area contributed by atoms with E-state index in [-0.39, 0.29) is 0 Å². The normalized spacial score (nSPS) is 15.9. The van der Waals surface area contributed by atoms with Crippen molar-refractivity contribution in [2.24, 2.45) is 0 Å².